The standard InChI is InChI=1S/C10H16N3.ClHO4/c1-9(2)7-10(8-12)13(3,4)6-5-11;2-1(3,4)5/h7,10H,6H2,1-4H3;(H,2,3,4,5)/q+1;/p-1. The van der Waals surface area contributed by atoms with Crippen LogP contribution in [0.2, 0.25) is 0 Å². The van der Waals surface area contributed by atoms with Gasteiger partial charge in [-0.2, -0.15) is 10.5 Å². The Morgan fingerprint density at radius 3 is 1.83 bits per heavy atom. The predicted molar refractivity (Wildman–Crippen MR) is 51.4 cm³/mol. The van der Waals surface area contributed by atoms with Gasteiger partial charge >= 0.3 is 0 Å². The van der Waals surface area contributed by atoms with Crippen LogP contribution in [0, 0.1) is 32.9 Å². The minimum Gasteiger partial charge on any atom is -0.299 e. The van der Waals surface area contributed by atoms with E-state index in [9.17, 15) is 0 Å². The van der Waals surface area contributed by atoms with Crippen molar-refractivity contribution in [1.29, 1.82) is 10.5 Å². The number of nitrogens with zero attached hydrogens (tertiary/aromatic N) is 3. The van der Waals surface area contributed by atoms with Gasteiger partial charge < -0.3 is 0 Å². The third-order valence-electron chi connectivity index (χ3n) is 1.85. The third kappa shape index (κ3) is 12.9. The first kappa shape index (κ1) is 19.2. The Kier molecular flexibility index (Phi) is 8.52. The molecule has 0 saturated carbocycles. The second-order valence-corrected chi connectivity index (χ2v) is 5.05. The summed E-state index contributed by atoms with van der Waals surface area (Å²) >= 11 is 0. The fraction of sp³-hybridized carbons (Fsp3) is 0.600. The molecule has 0 heterocycles. The number of quaternary nitrogens is 1. The van der Waals surface area contributed by atoms with Crippen LogP contribution in [0.4, 0.5) is 0 Å². The molecule has 0 aromatic carbocycles. The molecule has 8 heteroatoms. The van der Waals surface area contributed by atoms with Gasteiger partial charge in [-0.1, -0.05) is 5.57 Å². The zero-order valence-corrected chi connectivity index (χ0v) is 11.5. The SMILES string of the molecule is CC(C)=CC(C#N)[N+](C)(C)CC#N.[O-][Cl+3]([O-])([O-])[O-]. The van der Waals surface area contributed by atoms with E-state index in [1.165, 1.54) is 0 Å². The van der Waals surface area contributed by atoms with E-state index in [1.807, 2.05) is 34.0 Å². The Morgan fingerprint density at radius 2 is 1.61 bits per heavy atom. The summed E-state index contributed by atoms with van der Waals surface area (Å²) in [6.45, 7) is 4.26. The highest BCUT2D eigenvalue weighted by atomic mass is 35.7. The molecule has 0 aromatic heterocycles. The van der Waals surface area contributed by atoms with Gasteiger partial charge in [0.1, 0.15) is 12.1 Å². The summed E-state index contributed by atoms with van der Waals surface area (Å²) in [5.74, 6) is 0. The molecule has 0 N–H and O–H groups in total. The first-order chi connectivity index (χ1) is 7.94. The van der Waals surface area contributed by atoms with Gasteiger partial charge in [0.25, 0.3) is 0 Å². The van der Waals surface area contributed by atoms with E-state index in [0.717, 1.165) is 5.57 Å². The summed E-state index contributed by atoms with van der Waals surface area (Å²) in [5.41, 5.74) is 1.11. The summed E-state index contributed by atoms with van der Waals surface area (Å²) in [6.07, 6.45) is 1.90. The lowest BCUT2D eigenvalue weighted by atomic mass is 10.1. The lowest BCUT2D eigenvalue weighted by Gasteiger charge is -2.29. The van der Waals surface area contributed by atoms with Gasteiger partial charge in [0, 0.05) is 0 Å². The summed E-state index contributed by atoms with van der Waals surface area (Å²) in [4.78, 5) is 0. The molecule has 0 aliphatic rings. The smallest absolute Gasteiger partial charge is 0.195 e. The van der Waals surface area contributed by atoms with Gasteiger partial charge in [-0.3, -0.25) is 4.48 Å². The second-order valence-electron chi connectivity index (χ2n) is 4.29. The minimum absolute atomic E-state index is 0.232. The van der Waals surface area contributed by atoms with Crippen molar-refractivity contribution in [1.82, 2.24) is 0 Å². The fourth-order valence-electron chi connectivity index (χ4n) is 0.992. The maximum Gasteiger partial charge on any atom is 0.195 e. The van der Waals surface area contributed by atoms with Crippen LogP contribution in [0.5, 0.6) is 0 Å². The van der Waals surface area contributed by atoms with Crippen LogP contribution >= 0.6 is 0 Å². The molecule has 0 spiro atoms. The Morgan fingerprint density at radius 1 is 1.22 bits per heavy atom. The molecule has 1 atom stereocenters. The zero-order valence-electron chi connectivity index (χ0n) is 10.7. The van der Waals surface area contributed by atoms with Gasteiger partial charge in [0.2, 0.25) is 0 Å². The second kappa shape index (κ2) is 8.01. The molecule has 0 aliphatic carbocycles. The lowest BCUT2D eigenvalue weighted by molar-refractivity contribution is -2.00. The monoisotopic (exact) mass is 277 g/mol. The molecule has 0 saturated heterocycles. The van der Waals surface area contributed by atoms with Crippen molar-refractivity contribution in [3.8, 4) is 12.1 Å². The number of hydrogen-bond acceptors (Lipinski definition) is 6. The lowest BCUT2D eigenvalue weighted by Crippen LogP contribution is -2.68. The van der Waals surface area contributed by atoms with Crippen molar-refractivity contribution >= 4 is 0 Å². The minimum atomic E-state index is -4.94. The maximum absolute atomic E-state index is 8.92. The van der Waals surface area contributed by atoms with E-state index >= 15 is 0 Å². The molecule has 7 nitrogen and oxygen atoms in total. The molecule has 0 aliphatic heterocycles. The number of allylic oxidation sites excluding steroid dienone is 1. The van der Waals surface area contributed by atoms with Crippen LogP contribution in [0.15, 0.2) is 11.6 Å². The number of nitriles is 2. The van der Waals surface area contributed by atoms with E-state index in [1.54, 1.807) is 0 Å². The van der Waals surface area contributed by atoms with Crippen LogP contribution < -0.4 is 18.6 Å². The normalized spacial score (nSPS) is 12.3. The Labute approximate surface area is 109 Å². The highest BCUT2D eigenvalue weighted by molar-refractivity contribution is 5.07. The van der Waals surface area contributed by atoms with Crippen LogP contribution in [0.25, 0.3) is 0 Å². The molecule has 0 amide bonds. The first-order valence-electron chi connectivity index (χ1n) is 4.80. The van der Waals surface area contributed by atoms with Crippen molar-refractivity contribution in [2.75, 3.05) is 20.6 Å². The van der Waals surface area contributed by atoms with Crippen LogP contribution in [-0.2, 0) is 0 Å². The largest absolute Gasteiger partial charge is 0.299 e. The molecule has 18 heavy (non-hydrogen) atoms. The number of rotatable bonds is 3. The van der Waals surface area contributed by atoms with Gasteiger partial charge in [0.15, 0.2) is 12.6 Å². The zero-order chi connectivity index (χ0) is 15.0. The highest BCUT2D eigenvalue weighted by Gasteiger charge is 2.25. The van der Waals surface area contributed by atoms with E-state index in [4.69, 9.17) is 29.2 Å². The van der Waals surface area contributed by atoms with Crippen molar-refractivity contribution in [3.63, 3.8) is 0 Å². The molecular weight excluding hydrogens is 262 g/mol. The quantitative estimate of drug-likeness (QED) is 0.300. The molecule has 0 rings (SSSR count). The highest BCUT2D eigenvalue weighted by Crippen LogP contribution is 2.09. The molecule has 0 aromatic rings. The van der Waals surface area contributed by atoms with Gasteiger partial charge in [-0.25, -0.2) is 18.6 Å². The van der Waals surface area contributed by atoms with Crippen molar-refractivity contribution in [3.05, 3.63) is 11.6 Å². The summed E-state index contributed by atoms with van der Waals surface area (Å²) < 4.78 is 34.4. The third-order valence-corrected chi connectivity index (χ3v) is 1.85. The average molecular weight is 278 g/mol. The van der Waals surface area contributed by atoms with Crippen molar-refractivity contribution < 1.29 is 33.4 Å². The first-order valence-corrected chi connectivity index (χ1v) is 6.03. The molecule has 1 unspecified atom stereocenters. The van der Waals surface area contributed by atoms with Gasteiger partial charge in [0.05, 0.1) is 14.1 Å². The van der Waals surface area contributed by atoms with E-state index < -0.39 is 10.2 Å². The average Bonchev–Trinajstić information content (AvgIpc) is 2.10. The Hall–Kier alpha value is -1.19. The maximum atomic E-state index is 8.92. The molecule has 102 valence electrons. The Bertz CT molecular complexity index is 353. The molecular formula is C10H16ClN3O4. The molecule has 0 bridgehead atoms. The van der Waals surface area contributed by atoms with Gasteiger partial charge in [-0.15, -0.1) is 10.2 Å². The van der Waals surface area contributed by atoms with E-state index in [-0.39, 0.29) is 6.04 Å². The number of likely N-dealkylation sites (N-methyl/N-ethyl adjacent to an activating group) is 1. The number of halogens is 1. The molecule has 0 radical (unpaired) electrons. The predicted octanol–water partition coefficient (Wildman–Crippen LogP) is -3.31. The summed E-state index contributed by atoms with van der Waals surface area (Å²) in [6, 6.07) is 4.06. The topological polar surface area (TPSA) is 140 Å². The molecule has 0 fully saturated rings. The van der Waals surface area contributed by atoms with Crippen LogP contribution in [-0.4, -0.2) is 31.2 Å². The fourth-order valence-corrected chi connectivity index (χ4v) is 0.992. The summed E-state index contributed by atoms with van der Waals surface area (Å²) in [5, 5.41) is 17.5. The number of hydrogen-bond donors (Lipinski definition) is 0. The van der Waals surface area contributed by atoms with Gasteiger partial charge in [-0.05, 0) is 19.9 Å². The van der Waals surface area contributed by atoms with E-state index in [2.05, 4.69) is 12.1 Å². The van der Waals surface area contributed by atoms with Crippen LogP contribution in [0.1, 0.15) is 13.8 Å². The van der Waals surface area contributed by atoms with E-state index in [0.29, 0.717) is 11.0 Å². The Balaban J connectivity index is 0. The van der Waals surface area contributed by atoms with Crippen molar-refractivity contribution in [2.24, 2.45) is 0 Å². The summed E-state index contributed by atoms with van der Waals surface area (Å²) in [7, 11) is -1.17. The van der Waals surface area contributed by atoms with Crippen molar-refractivity contribution in [2.45, 2.75) is 19.9 Å². The van der Waals surface area contributed by atoms with Crippen LogP contribution in [0.3, 0.4) is 0 Å².